The zero-order chi connectivity index (χ0) is 12.7. The highest BCUT2D eigenvalue weighted by molar-refractivity contribution is 7.89. The van der Waals surface area contributed by atoms with Crippen molar-refractivity contribution < 1.29 is 8.42 Å². The van der Waals surface area contributed by atoms with Gasteiger partial charge in [-0.2, -0.15) is 0 Å². The van der Waals surface area contributed by atoms with E-state index in [0.717, 1.165) is 17.8 Å². The largest absolute Gasteiger partial charge is 0.316 e. The Hall–Kier alpha value is -0.430. The van der Waals surface area contributed by atoms with Crippen LogP contribution in [-0.2, 0) is 10.0 Å². The maximum atomic E-state index is 11.8. The molecule has 1 unspecified atom stereocenters. The van der Waals surface area contributed by atoms with Gasteiger partial charge in [0.05, 0.1) is 11.8 Å². The van der Waals surface area contributed by atoms with E-state index < -0.39 is 10.0 Å². The summed E-state index contributed by atoms with van der Waals surface area (Å²) in [6, 6.07) is 3.81. The van der Waals surface area contributed by atoms with Crippen LogP contribution in [0.15, 0.2) is 17.5 Å². The molecule has 17 heavy (non-hydrogen) atoms. The molecule has 4 nitrogen and oxygen atoms in total. The highest BCUT2D eigenvalue weighted by Crippen LogP contribution is 2.22. The number of sulfonamides is 1. The Balaban J connectivity index is 2.56. The molecule has 0 bridgehead atoms. The molecule has 0 saturated heterocycles. The lowest BCUT2D eigenvalue weighted by Gasteiger charge is -2.15. The first-order valence-electron chi connectivity index (χ1n) is 5.83. The van der Waals surface area contributed by atoms with Crippen molar-refractivity contribution in [3.05, 3.63) is 22.4 Å². The number of nitrogens with one attached hydrogen (secondary N) is 2. The maximum Gasteiger partial charge on any atom is 0.213 e. The van der Waals surface area contributed by atoms with Crippen LogP contribution in [0.3, 0.4) is 0 Å². The van der Waals surface area contributed by atoms with Gasteiger partial charge in [-0.25, -0.2) is 13.1 Å². The standard InChI is InChI=1S/C11H20N2O2S2/c1-3-10(11-6-5-8-16-11)13-17(14,15)9-7-12-4-2/h5-6,8,10,12-13H,3-4,7,9H2,1-2H3. The molecule has 0 aliphatic carbocycles. The highest BCUT2D eigenvalue weighted by Gasteiger charge is 2.18. The third-order valence-electron chi connectivity index (χ3n) is 2.41. The molecular formula is C11H20N2O2S2. The van der Waals surface area contributed by atoms with E-state index in [1.165, 1.54) is 0 Å². The number of hydrogen-bond acceptors (Lipinski definition) is 4. The second kappa shape index (κ2) is 7.10. The minimum absolute atomic E-state index is 0.0957. The molecule has 0 spiro atoms. The van der Waals surface area contributed by atoms with Crippen LogP contribution in [0.4, 0.5) is 0 Å². The monoisotopic (exact) mass is 276 g/mol. The van der Waals surface area contributed by atoms with Crippen molar-refractivity contribution in [3.63, 3.8) is 0 Å². The Morgan fingerprint density at radius 3 is 2.71 bits per heavy atom. The van der Waals surface area contributed by atoms with Gasteiger partial charge in [0, 0.05) is 11.4 Å². The minimum Gasteiger partial charge on any atom is -0.316 e. The predicted molar refractivity (Wildman–Crippen MR) is 72.8 cm³/mol. The average molecular weight is 276 g/mol. The first kappa shape index (κ1) is 14.6. The van der Waals surface area contributed by atoms with Crippen LogP contribution in [0, 0.1) is 0 Å². The van der Waals surface area contributed by atoms with Gasteiger partial charge in [-0.3, -0.25) is 0 Å². The summed E-state index contributed by atoms with van der Waals surface area (Å²) in [5.41, 5.74) is 0. The van der Waals surface area contributed by atoms with Crippen molar-refractivity contribution in [1.29, 1.82) is 0 Å². The summed E-state index contributed by atoms with van der Waals surface area (Å²) in [5, 5.41) is 4.98. The fourth-order valence-electron chi connectivity index (χ4n) is 1.49. The molecule has 0 fully saturated rings. The molecule has 0 amide bonds. The molecule has 0 saturated carbocycles. The molecule has 6 heteroatoms. The summed E-state index contributed by atoms with van der Waals surface area (Å²) in [4.78, 5) is 1.07. The number of rotatable bonds is 8. The SMILES string of the molecule is CCNCCS(=O)(=O)NC(CC)c1cccs1. The quantitative estimate of drug-likeness (QED) is 0.711. The van der Waals surface area contributed by atoms with Crippen LogP contribution >= 0.6 is 11.3 Å². The van der Waals surface area contributed by atoms with Gasteiger partial charge in [-0.05, 0) is 24.4 Å². The summed E-state index contributed by atoms with van der Waals surface area (Å²) in [6.45, 7) is 5.22. The molecule has 0 aliphatic rings. The van der Waals surface area contributed by atoms with Crippen molar-refractivity contribution in [2.45, 2.75) is 26.3 Å². The summed E-state index contributed by atoms with van der Waals surface area (Å²) < 4.78 is 26.4. The maximum absolute atomic E-state index is 11.8. The predicted octanol–water partition coefficient (Wildman–Crippen LogP) is 1.73. The Bertz CT molecular complexity index is 401. The van der Waals surface area contributed by atoms with Crippen LogP contribution in [0.25, 0.3) is 0 Å². The van der Waals surface area contributed by atoms with Crippen molar-refractivity contribution >= 4 is 21.4 Å². The lowest BCUT2D eigenvalue weighted by atomic mass is 10.2. The molecule has 98 valence electrons. The Morgan fingerprint density at radius 2 is 2.18 bits per heavy atom. The zero-order valence-corrected chi connectivity index (χ0v) is 11.9. The summed E-state index contributed by atoms with van der Waals surface area (Å²) >= 11 is 1.58. The molecule has 0 radical (unpaired) electrons. The van der Waals surface area contributed by atoms with E-state index >= 15 is 0 Å². The van der Waals surface area contributed by atoms with Gasteiger partial charge in [0.15, 0.2) is 0 Å². The van der Waals surface area contributed by atoms with Gasteiger partial charge >= 0.3 is 0 Å². The molecule has 1 aromatic heterocycles. The van der Waals surface area contributed by atoms with Gasteiger partial charge in [0.25, 0.3) is 0 Å². The van der Waals surface area contributed by atoms with E-state index in [0.29, 0.717) is 6.54 Å². The summed E-state index contributed by atoms with van der Waals surface area (Å²) in [6.07, 6.45) is 0.765. The van der Waals surface area contributed by atoms with E-state index in [4.69, 9.17) is 0 Å². The smallest absolute Gasteiger partial charge is 0.213 e. The van der Waals surface area contributed by atoms with Gasteiger partial charge in [0.2, 0.25) is 10.0 Å². The van der Waals surface area contributed by atoms with Crippen LogP contribution < -0.4 is 10.0 Å². The molecule has 0 aliphatic heterocycles. The van der Waals surface area contributed by atoms with Gasteiger partial charge in [-0.15, -0.1) is 11.3 Å². The minimum atomic E-state index is -3.20. The normalized spacial score (nSPS) is 13.8. The molecule has 1 rings (SSSR count). The van der Waals surface area contributed by atoms with E-state index in [9.17, 15) is 8.42 Å². The first-order valence-corrected chi connectivity index (χ1v) is 8.36. The van der Waals surface area contributed by atoms with Crippen LogP contribution in [0.5, 0.6) is 0 Å². The number of hydrogen-bond donors (Lipinski definition) is 2. The summed E-state index contributed by atoms with van der Waals surface area (Å²) in [5.74, 6) is 0.128. The van der Waals surface area contributed by atoms with E-state index in [1.54, 1.807) is 11.3 Å². The topological polar surface area (TPSA) is 58.2 Å². The fourth-order valence-corrected chi connectivity index (χ4v) is 3.69. The van der Waals surface area contributed by atoms with Crippen molar-refractivity contribution in [2.75, 3.05) is 18.8 Å². The van der Waals surface area contributed by atoms with Crippen molar-refractivity contribution in [3.8, 4) is 0 Å². The van der Waals surface area contributed by atoms with Gasteiger partial charge in [0.1, 0.15) is 0 Å². The zero-order valence-electron chi connectivity index (χ0n) is 10.3. The fraction of sp³-hybridized carbons (Fsp3) is 0.636. The second-order valence-corrected chi connectivity index (χ2v) is 6.62. The lowest BCUT2D eigenvalue weighted by molar-refractivity contribution is 0.550. The lowest BCUT2D eigenvalue weighted by Crippen LogP contribution is -2.34. The van der Waals surface area contributed by atoms with Crippen LogP contribution in [0.1, 0.15) is 31.2 Å². The average Bonchev–Trinajstić information content (AvgIpc) is 2.79. The highest BCUT2D eigenvalue weighted by atomic mass is 32.2. The summed E-state index contributed by atoms with van der Waals surface area (Å²) in [7, 11) is -3.20. The van der Waals surface area contributed by atoms with E-state index in [2.05, 4.69) is 10.0 Å². The van der Waals surface area contributed by atoms with E-state index in [-0.39, 0.29) is 11.8 Å². The molecule has 1 heterocycles. The third kappa shape index (κ3) is 5.16. The molecule has 1 atom stereocenters. The first-order chi connectivity index (χ1) is 8.09. The number of thiophene rings is 1. The van der Waals surface area contributed by atoms with Crippen LogP contribution in [0.2, 0.25) is 0 Å². The van der Waals surface area contributed by atoms with Gasteiger partial charge < -0.3 is 5.32 Å². The second-order valence-electron chi connectivity index (χ2n) is 3.77. The Labute approximate surface area is 107 Å². The molecule has 2 N–H and O–H groups in total. The van der Waals surface area contributed by atoms with Gasteiger partial charge in [-0.1, -0.05) is 19.9 Å². The van der Waals surface area contributed by atoms with Crippen molar-refractivity contribution in [1.82, 2.24) is 10.0 Å². The Morgan fingerprint density at radius 1 is 1.41 bits per heavy atom. The van der Waals surface area contributed by atoms with Crippen molar-refractivity contribution in [2.24, 2.45) is 0 Å². The van der Waals surface area contributed by atoms with E-state index in [1.807, 2.05) is 31.4 Å². The molecule has 1 aromatic rings. The molecular weight excluding hydrogens is 256 g/mol. The third-order valence-corrected chi connectivity index (χ3v) is 4.79. The van der Waals surface area contributed by atoms with Crippen LogP contribution in [-0.4, -0.2) is 27.3 Å². The molecule has 0 aromatic carbocycles. The Kier molecular flexibility index (Phi) is 6.11.